The molecule has 30 heavy (non-hydrogen) atoms. The molecule has 0 unspecified atom stereocenters. The molecule has 1 aliphatic carbocycles. The van der Waals surface area contributed by atoms with Gasteiger partial charge >= 0.3 is 0 Å². The maximum absolute atomic E-state index is 12.7. The predicted molar refractivity (Wildman–Crippen MR) is 121 cm³/mol. The summed E-state index contributed by atoms with van der Waals surface area (Å²) in [6, 6.07) is 12.1. The van der Waals surface area contributed by atoms with Crippen LogP contribution in [0.25, 0.3) is 10.2 Å². The van der Waals surface area contributed by atoms with Crippen molar-refractivity contribution in [2.75, 3.05) is 10.0 Å². The molecule has 0 radical (unpaired) electrons. The number of carbonyl (C=O) groups is 1. The third-order valence-electron chi connectivity index (χ3n) is 5.49. The van der Waals surface area contributed by atoms with E-state index >= 15 is 0 Å². The number of rotatable bonds is 6. The number of nitrogens with zero attached hydrogens (tertiary/aromatic N) is 1. The lowest BCUT2D eigenvalue weighted by Gasteiger charge is -2.19. The SMILES string of the molecule is CCc1ccc(S(=O)(=O)Nc2ccc3sc(NC(=O)C4CCCCC4)nc3c2)cc1. The van der Waals surface area contributed by atoms with Gasteiger partial charge in [-0.1, -0.05) is 49.7 Å². The molecule has 6 nitrogen and oxygen atoms in total. The number of thiazole rings is 1. The normalized spacial score (nSPS) is 15.2. The zero-order valence-electron chi connectivity index (χ0n) is 16.8. The Morgan fingerprint density at radius 1 is 1.10 bits per heavy atom. The summed E-state index contributed by atoms with van der Waals surface area (Å²) in [7, 11) is -3.68. The van der Waals surface area contributed by atoms with Crippen LogP contribution >= 0.6 is 11.3 Å². The largest absolute Gasteiger partial charge is 0.302 e. The molecule has 0 atom stereocenters. The Kier molecular flexibility index (Phi) is 6.06. The van der Waals surface area contributed by atoms with E-state index < -0.39 is 10.0 Å². The van der Waals surface area contributed by atoms with Crippen LogP contribution in [0, 0.1) is 5.92 Å². The molecule has 0 spiro atoms. The molecular formula is C22H25N3O3S2. The molecule has 4 rings (SSSR count). The topological polar surface area (TPSA) is 88.2 Å². The van der Waals surface area contributed by atoms with Crippen molar-refractivity contribution < 1.29 is 13.2 Å². The van der Waals surface area contributed by atoms with Gasteiger partial charge in [0.2, 0.25) is 5.91 Å². The molecule has 1 heterocycles. The highest BCUT2D eigenvalue weighted by molar-refractivity contribution is 7.92. The predicted octanol–water partition coefficient (Wildman–Crippen LogP) is 5.18. The lowest BCUT2D eigenvalue weighted by Crippen LogP contribution is -2.24. The standard InChI is InChI=1S/C22H25N3O3S2/c1-2-15-8-11-18(12-9-15)30(27,28)25-17-10-13-20-19(14-17)23-22(29-20)24-21(26)16-6-4-3-5-7-16/h8-14,16,25H,2-7H2,1H3,(H,23,24,26). The van der Waals surface area contributed by atoms with Gasteiger partial charge in [0.05, 0.1) is 20.8 Å². The Morgan fingerprint density at radius 3 is 2.53 bits per heavy atom. The number of nitrogens with one attached hydrogen (secondary N) is 2. The van der Waals surface area contributed by atoms with E-state index in [0.29, 0.717) is 16.3 Å². The van der Waals surface area contributed by atoms with Crippen LogP contribution < -0.4 is 10.0 Å². The fourth-order valence-electron chi connectivity index (χ4n) is 3.73. The van der Waals surface area contributed by atoms with Gasteiger partial charge in [0.1, 0.15) is 0 Å². The zero-order valence-corrected chi connectivity index (χ0v) is 18.5. The summed E-state index contributed by atoms with van der Waals surface area (Å²) in [5.41, 5.74) is 2.18. The number of sulfonamides is 1. The van der Waals surface area contributed by atoms with Crippen molar-refractivity contribution >= 4 is 48.3 Å². The van der Waals surface area contributed by atoms with Gasteiger partial charge in [-0.25, -0.2) is 13.4 Å². The van der Waals surface area contributed by atoms with E-state index in [9.17, 15) is 13.2 Å². The molecule has 1 fully saturated rings. The summed E-state index contributed by atoms with van der Waals surface area (Å²) >= 11 is 1.40. The smallest absolute Gasteiger partial charge is 0.261 e. The van der Waals surface area contributed by atoms with E-state index in [2.05, 4.69) is 15.0 Å². The van der Waals surface area contributed by atoms with E-state index in [1.807, 2.05) is 25.1 Å². The van der Waals surface area contributed by atoms with E-state index in [0.717, 1.165) is 42.4 Å². The summed E-state index contributed by atoms with van der Waals surface area (Å²) in [4.78, 5) is 17.2. The summed E-state index contributed by atoms with van der Waals surface area (Å²) in [5.74, 6) is 0.0949. The molecule has 1 saturated carbocycles. The lowest BCUT2D eigenvalue weighted by molar-refractivity contribution is -0.120. The quantitative estimate of drug-likeness (QED) is 0.549. The van der Waals surface area contributed by atoms with Crippen molar-refractivity contribution in [1.82, 2.24) is 4.98 Å². The first-order valence-corrected chi connectivity index (χ1v) is 12.6. The number of aromatic nitrogens is 1. The maximum atomic E-state index is 12.7. The number of carbonyl (C=O) groups excluding carboxylic acids is 1. The van der Waals surface area contributed by atoms with Crippen LogP contribution in [0.3, 0.4) is 0 Å². The van der Waals surface area contributed by atoms with Crippen molar-refractivity contribution in [2.24, 2.45) is 5.92 Å². The Balaban J connectivity index is 1.49. The van der Waals surface area contributed by atoms with Crippen LogP contribution in [0.5, 0.6) is 0 Å². The minimum atomic E-state index is -3.68. The van der Waals surface area contributed by atoms with E-state index in [-0.39, 0.29) is 16.7 Å². The molecule has 2 N–H and O–H groups in total. The van der Waals surface area contributed by atoms with E-state index in [1.54, 1.807) is 24.3 Å². The van der Waals surface area contributed by atoms with Crippen LogP contribution in [0.4, 0.5) is 10.8 Å². The van der Waals surface area contributed by atoms with Crippen molar-refractivity contribution in [3.63, 3.8) is 0 Å². The number of benzene rings is 2. The molecule has 3 aromatic rings. The van der Waals surface area contributed by atoms with Crippen molar-refractivity contribution in [2.45, 2.75) is 50.3 Å². The maximum Gasteiger partial charge on any atom is 0.261 e. The third-order valence-corrected chi connectivity index (χ3v) is 7.84. The van der Waals surface area contributed by atoms with Gasteiger partial charge in [-0.2, -0.15) is 0 Å². The van der Waals surface area contributed by atoms with Crippen LogP contribution in [0.1, 0.15) is 44.6 Å². The highest BCUT2D eigenvalue weighted by Crippen LogP contribution is 2.31. The molecule has 2 aromatic carbocycles. The van der Waals surface area contributed by atoms with Gasteiger partial charge in [-0.3, -0.25) is 9.52 Å². The summed E-state index contributed by atoms with van der Waals surface area (Å²) in [6.45, 7) is 2.02. The first-order valence-electron chi connectivity index (χ1n) is 10.3. The van der Waals surface area contributed by atoms with Gasteiger partial charge < -0.3 is 5.32 Å². The van der Waals surface area contributed by atoms with Gasteiger partial charge in [0, 0.05) is 5.92 Å². The first kappa shape index (κ1) is 20.8. The minimum Gasteiger partial charge on any atom is -0.302 e. The molecular weight excluding hydrogens is 418 g/mol. The third kappa shape index (κ3) is 4.65. The molecule has 0 bridgehead atoms. The number of hydrogen-bond acceptors (Lipinski definition) is 5. The summed E-state index contributed by atoms with van der Waals surface area (Å²) in [5, 5.41) is 3.49. The van der Waals surface area contributed by atoms with Gasteiger partial charge in [-0.05, 0) is 55.2 Å². The fourth-order valence-corrected chi connectivity index (χ4v) is 5.63. The zero-order chi connectivity index (χ0) is 21.1. The van der Waals surface area contributed by atoms with Crippen molar-refractivity contribution in [1.29, 1.82) is 0 Å². The Hall–Kier alpha value is -2.45. The van der Waals surface area contributed by atoms with E-state index in [1.165, 1.54) is 17.8 Å². The number of hydrogen-bond donors (Lipinski definition) is 2. The highest BCUT2D eigenvalue weighted by atomic mass is 32.2. The molecule has 0 saturated heterocycles. The second-order valence-electron chi connectivity index (χ2n) is 7.63. The fraction of sp³-hybridized carbons (Fsp3) is 0.364. The molecule has 158 valence electrons. The molecule has 0 aliphatic heterocycles. The Bertz CT molecular complexity index is 1150. The van der Waals surface area contributed by atoms with E-state index in [4.69, 9.17) is 0 Å². The number of aryl methyl sites for hydroxylation is 1. The first-order chi connectivity index (χ1) is 14.4. The number of fused-ring (bicyclic) bond motifs is 1. The molecule has 1 amide bonds. The van der Waals surface area contributed by atoms with Gasteiger partial charge in [0.25, 0.3) is 10.0 Å². The van der Waals surface area contributed by atoms with Crippen LogP contribution in [0.2, 0.25) is 0 Å². The van der Waals surface area contributed by atoms with Crippen LogP contribution in [-0.2, 0) is 21.2 Å². The Labute approximate surface area is 180 Å². The van der Waals surface area contributed by atoms with Crippen molar-refractivity contribution in [3.05, 3.63) is 48.0 Å². The average molecular weight is 444 g/mol. The second-order valence-corrected chi connectivity index (χ2v) is 10.3. The van der Waals surface area contributed by atoms with Gasteiger partial charge in [-0.15, -0.1) is 0 Å². The van der Waals surface area contributed by atoms with Crippen LogP contribution in [-0.4, -0.2) is 19.3 Å². The summed E-state index contributed by atoms with van der Waals surface area (Å²) in [6.07, 6.45) is 6.12. The van der Waals surface area contributed by atoms with Crippen LogP contribution in [0.15, 0.2) is 47.4 Å². The molecule has 1 aliphatic rings. The monoisotopic (exact) mass is 443 g/mol. The summed E-state index contributed by atoms with van der Waals surface area (Å²) < 4.78 is 28.9. The highest BCUT2D eigenvalue weighted by Gasteiger charge is 2.22. The molecule has 8 heteroatoms. The second kappa shape index (κ2) is 8.73. The molecule has 1 aromatic heterocycles. The lowest BCUT2D eigenvalue weighted by atomic mass is 9.89. The van der Waals surface area contributed by atoms with Crippen molar-refractivity contribution in [3.8, 4) is 0 Å². The minimum absolute atomic E-state index is 0.0326. The Morgan fingerprint density at radius 2 is 1.83 bits per heavy atom. The average Bonchev–Trinajstić information content (AvgIpc) is 3.15. The number of anilines is 2. The van der Waals surface area contributed by atoms with Gasteiger partial charge in [0.15, 0.2) is 5.13 Å². The number of amides is 1.